The fourth-order valence-corrected chi connectivity index (χ4v) is 4.48. The van der Waals surface area contributed by atoms with Crippen LogP contribution in [0.2, 0.25) is 0 Å². The van der Waals surface area contributed by atoms with Gasteiger partial charge in [-0.15, -0.1) is 0 Å². The number of aromatic carboxylic acids is 1. The number of pyridine rings is 1. The highest BCUT2D eigenvalue weighted by atomic mass is 127. The van der Waals surface area contributed by atoms with Crippen molar-refractivity contribution >= 4 is 39.6 Å². The van der Waals surface area contributed by atoms with E-state index in [2.05, 4.69) is 64.0 Å². The number of carboxylic acids is 1. The molecular formula is C27H19IN2O3. The molecule has 0 aliphatic rings. The Morgan fingerprint density at radius 2 is 1.61 bits per heavy atom. The predicted octanol–water partition coefficient (Wildman–Crippen LogP) is 7.30. The minimum atomic E-state index is -0.978. The summed E-state index contributed by atoms with van der Waals surface area (Å²) in [5.41, 5.74) is 6.81. The first kappa shape index (κ1) is 21.2. The molecule has 0 amide bonds. The zero-order valence-electron chi connectivity index (χ0n) is 17.7. The number of fused-ring (bicyclic) bond motifs is 1. The summed E-state index contributed by atoms with van der Waals surface area (Å²) in [6.07, 6.45) is 0. The molecule has 5 aromatic rings. The number of benzene rings is 3. The molecule has 162 valence electrons. The van der Waals surface area contributed by atoms with Gasteiger partial charge in [-0.05, 0) is 64.4 Å². The Balaban J connectivity index is 1.45. The van der Waals surface area contributed by atoms with Crippen LogP contribution in [-0.2, 0) is 0 Å². The second kappa shape index (κ2) is 8.71. The van der Waals surface area contributed by atoms with Gasteiger partial charge in [0, 0.05) is 15.2 Å². The van der Waals surface area contributed by atoms with Crippen LogP contribution in [0.25, 0.3) is 33.4 Å². The molecule has 5 rings (SSSR count). The van der Waals surface area contributed by atoms with E-state index in [9.17, 15) is 9.90 Å². The molecule has 0 atom stereocenters. The minimum Gasteiger partial charge on any atom is -0.478 e. The van der Waals surface area contributed by atoms with Gasteiger partial charge in [-0.25, -0.2) is 9.78 Å². The monoisotopic (exact) mass is 546 g/mol. The predicted molar refractivity (Wildman–Crippen MR) is 138 cm³/mol. The summed E-state index contributed by atoms with van der Waals surface area (Å²) in [6, 6.07) is 27.5. The van der Waals surface area contributed by atoms with Crippen molar-refractivity contribution < 1.29 is 14.6 Å². The molecule has 0 radical (unpaired) electrons. The van der Waals surface area contributed by atoms with Gasteiger partial charge in [0.05, 0.1) is 22.3 Å². The maximum Gasteiger partial charge on any atom is 0.336 e. The molecule has 0 saturated heterocycles. The van der Waals surface area contributed by atoms with E-state index in [-0.39, 0.29) is 5.56 Å². The molecule has 0 aliphatic heterocycles. The van der Waals surface area contributed by atoms with E-state index in [1.807, 2.05) is 30.3 Å². The fourth-order valence-electron chi connectivity index (χ4n) is 3.74. The van der Waals surface area contributed by atoms with Gasteiger partial charge in [0.25, 0.3) is 0 Å². The second-order valence-electron chi connectivity index (χ2n) is 7.71. The van der Waals surface area contributed by atoms with Gasteiger partial charge in [0.1, 0.15) is 5.75 Å². The van der Waals surface area contributed by atoms with E-state index >= 15 is 0 Å². The molecule has 0 aliphatic carbocycles. The normalized spacial score (nSPS) is 11.0. The van der Waals surface area contributed by atoms with E-state index in [4.69, 9.17) is 9.72 Å². The Morgan fingerprint density at radius 3 is 2.33 bits per heavy atom. The number of hydrogen-bond donors (Lipinski definition) is 2. The number of rotatable bonds is 5. The van der Waals surface area contributed by atoms with Gasteiger partial charge >= 0.3 is 5.97 Å². The minimum absolute atomic E-state index is 0.220. The number of carbonyl (C=O) groups is 1. The molecule has 2 N–H and O–H groups in total. The first-order valence-corrected chi connectivity index (χ1v) is 11.4. The Hall–Kier alpha value is -3.65. The largest absolute Gasteiger partial charge is 0.478 e. The molecule has 6 heteroatoms. The molecular weight excluding hydrogens is 527 g/mol. The number of aromatic amines is 1. The van der Waals surface area contributed by atoms with Crippen molar-refractivity contribution in [3.8, 4) is 34.0 Å². The SMILES string of the molecule is Cc1ccc(Oc2cc3nc(-c4ccc(-c5ccccc5)cc4)c(I)cc3[nH]2)cc1C(=O)O. The van der Waals surface area contributed by atoms with Gasteiger partial charge in [-0.2, -0.15) is 0 Å². The number of aromatic nitrogens is 2. The van der Waals surface area contributed by atoms with Crippen LogP contribution in [-0.4, -0.2) is 21.0 Å². The summed E-state index contributed by atoms with van der Waals surface area (Å²) < 4.78 is 6.92. The first-order valence-electron chi connectivity index (χ1n) is 10.3. The molecule has 33 heavy (non-hydrogen) atoms. The van der Waals surface area contributed by atoms with E-state index < -0.39 is 5.97 Å². The molecule has 3 aromatic carbocycles. The van der Waals surface area contributed by atoms with Crippen LogP contribution in [0.1, 0.15) is 15.9 Å². The smallest absolute Gasteiger partial charge is 0.336 e. The Labute approximate surface area is 204 Å². The zero-order chi connectivity index (χ0) is 22.9. The first-order chi connectivity index (χ1) is 16.0. The standard InChI is InChI=1S/C27H19IN2O3/c1-16-7-12-20(13-21(16)27(31)32)33-25-15-24-23(29-25)14-22(28)26(30-24)19-10-8-18(9-11-19)17-5-3-2-4-6-17/h2-15,29H,1H3,(H,31,32). The quantitative estimate of drug-likeness (QED) is 0.227. The van der Waals surface area contributed by atoms with Gasteiger partial charge < -0.3 is 14.8 Å². The Morgan fingerprint density at radius 1 is 0.909 bits per heavy atom. The van der Waals surface area contributed by atoms with Crippen molar-refractivity contribution in [2.45, 2.75) is 6.92 Å². The van der Waals surface area contributed by atoms with Crippen LogP contribution in [0.3, 0.4) is 0 Å². The maximum atomic E-state index is 11.4. The molecule has 0 fully saturated rings. The molecule has 0 bridgehead atoms. The van der Waals surface area contributed by atoms with Gasteiger partial charge in [-0.3, -0.25) is 0 Å². The third kappa shape index (κ3) is 4.34. The summed E-state index contributed by atoms with van der Waals surface area (Å²) in [5.74, 6) is -0.0187. The third-order valence-corrected chi connectivity index (χ3v) is 6.29. The van der Waals surface area contributed by atoms with Crippen LogP contribution in [0.4, 0.5) is 0 Å². The maximum absolute atomic E-state index is 11.4. The lowest BCUT2D eigenvalue weighted by Gasteiger charge is -2.06. The Kier molecular flexibility index (Phi) is 5.60. The summed E-state index contributed by atoms with van der Waals surface area (Å²) in [7, 11) is 0. The van der Waals surface area contributed by atoms with Crippen LogP contribution in [0, 0.1) is 10.5 Å². The Bertz CT molecular complexity index is 1480. The summed E-state index contributed by atoms with van der Waals surface area (Å²) in [4.78, 5) is 19.5. The average molecular weight is 546 g/mol. The van der Waals surface area contributed by atoms with E-state index in [1.165, 1.54) is 11.6 Å². The van der Waals surface area contributed by atoms with Crippen molar-refractivity contribution in [1.29, 1.82) is 0 Å². The number of nitrogens with one attached hydrogen (secondary N) is 1. The summed E-state index contributed by atoms with van der Waals surface area (Å²) in [6.45, 7) is 1.76. The zero-order valence-corrected chi connectivity index (χ0v) is 19.8. The number of carboxylic acid groups (broad SMARTS) is 1. The van der Waals surface area contributed by atoms with Crippen molar-refractivity contribution in [2.24, 2.45) is 0 Å². The van der Waals surface area contributed by atoms with Crippen LogP contribution < -0.4 is 4.74 Å². The van der Waals surface area contributed by atoms with E-state index in [1.54, 1.807) is 19.1 Å². The number of nitrogens with zero attached hydrogens (tertiary/aromatic N) is 1. The van der Waals surface area contributed by atoms with Crippen molar-refractivity contribution in [2.75, 3.05) is 0 Å². The number of H-pyrrole nitrogens is 1. The molecule has 0 spiro atoms. The molecule has 0 saturated carbocycles. The van der Waals surface area contributed by atoms with E-state index in [0.717, 1.165) is 31.4 Å². The van der Waals surface area contributed by atoms with Crippen LogP contribution in [0.5, 0.6) is 11.6 Å². The molecule has 5 nitrogen and oxygen atoms in total. The van der Waals surface area contributed by atoms with Crippen LogP contribution in [0.15, 0.2) is 84.9 Å². The number of halogens is 1. The third-order valence-electron chi connectivity index (χ3n) is 5.46. The number of aryl methyl sites for hydroxylation is 1. The van der Waals surface area contributed by atoms with Crippen molar-refractivity contribution in [1.82, 2.24) is 9.97 Å². The lowest BCUT2D eigenvalue weighted by Crippen LogP contribution is -1.99. The molecule has 0 unspecified atom stereocenters. The lowest BCUT2D eigenvalue weighted by atomic mass is 10.0. The highest BCUT2D eigenvalue weighted by Crippen LogP contribution is 2.32. The summed E-state index contributed by atoms with van der Waals surface area (Å²) >= 11 is 2.29. The van der Waals surface area contributed by atoms with E-state index in [0.29, 0.717) is 17.2 Å². The topological polar surface area (TPSA) is 75.2 Å². The highest BCUT2D eigenvalue weighted by molar-refractivity contribution is 14.1. The van der Waals surface area contributed by atoms with Gasteiger partial charge in [0.2, 0.25) is 0 Å². The number of hydrogen-bond acceptors (Lipinski definition) is 3. The fraction of sp³-hybridized carbons (Fsp3) is 0.0370. The van der Waals surface area contributed by atoms with Crippen LogP contribution >= 0.6 is 22.6 Å². The molecule has 2 heterocycles. The highest BCUT2D eigenvalue weighted by Gasteiger charge is 2.13. The lowest BCUT2D eigenvalue weighted by molar-refractivity contribution is 0.0695. The molecule has 2 aromatic heterocycles. The van der Waals surface area contributed by atoms with Crippen molar-refractivity contribution in [3.05, 3.63) is 99.6 Å². The summed E-state index contributed by atoms with van der Waals surface area (Å²) in [5, 5.41) is 9.35. The second-order valence-corrected chi connectivity index (χ2v) is 8.87. The van der Waals surface area contributed by atoms with Crippen molar-refractivity contribution in [3.63, 3.8) is 0 Å². The van der Waals surface area contributed by atoms with Gasteiger partial charge in [0.15, 0.2) is 5.88 Å². The number of ether oxygens (including phenoxy) is 1. The average Bonchev–Trinajstić information content (AvgIpc) is 3.21. The van der Waals surface area contributed by atoms with Gasteiger partial charge in [-0.1, -0.05) is 60.7 Å².